The van der Waals surface area contributed by atoms with Gasteiger partial charge < -0.3 is 64.1 Å². The molecule has 0 aliphatic heterocycles. The number of rotatable bonds is 24. The first-order valence-corrected chi connectivity index (χ1v) is 17.4. The SMILES string of the molecule is CC(C)C[C@H](NC(=O)[C@H](N)Cc1c[nH]c2ccccc12)C(=O)NCC(=O)N[C@@H](CCCN=C(N)N)C(=O)N[C@@H](CCC(=O)O)C(=O)N[C@@H](CC(=O)O)C(=O)O. The second-order valence-corrected chi connectivity index (χ2v) is 13.1. The van der Waals surface area contributed by atoms with E-state index in [9.17, 15) is 43.5 Å². The second-order valence-electron chi connectivity index (χ2n) is 13.1. The molecule has 0 aliphatic rings. The predicted molar refractivity (Wildman–Crippen MR) is 197 cm³/mol. The van der Waals surface area contributed by atoms with Gasteiger partial charge >= 0.3 is 17.9 Å². The van der Waals surface area contributed by atoms with Gasteiger partial charge in [-0.2, -0.15) is 0 Å². The van der Waals surface area contributed by atoms with Crippen LogP contribution in [0.2, 0.25) is 0 Å². The second kappa shape index (κ2) is 22.1. The van der Waals surface area contributed by atoms with E-state index in [0.717, 1.165) is 16.5 Å². The van der Waals surface area contributed by atoms with Crippen LogP contribution < -0.4 is 43.8 Å². The van der Waals surface area contributed by atoms with Crippen molar-refractivity contribution in [1.82, 2.24) is 31.6 Å². The first-order chi connectivity index (χ1) is 25.9. The Hall–Kier alpha value is -6.25. The number of benzene rings is 1. The lowest BCUT2D eigenvalue weighted by Crippen LogP contribution is -2.57. The third-order valence-electron chi connectivity index (χ3n) is 8.08. The molecular formula is C34H50N10O11. The number of carboxylic acids is 3. The number of H-pyrrole nitrogens is 1. The van der Waals surface area contributed by atoms with Crippen LogP contribution in [0.3, 0.4) is 0 Å². The van der Waals surface area contributed by atoms with Crippen molar-refractivity contribution in [3.05, 3.63) is 36.0 Å². The lowest BCUT2D eigenvalue weighted by atomic mass is 10.0. The molecule has 0 bridgehead atoms. The monoisotopic (exact) mass is 774 g/mol. The number of nitrogens with one attached hydrogen (secondary N) is 6. The van der Waals surface area contributed by atoms with Crippen LogP contribution >= 0.6 is 0 Å². The summed E-state index contributed by atoms with van der Waals surface area (Å²) in [7, 11) is 0. The standard InChI is InChI=1S/C34H50N10O11/c1-17(2)12-24(43-29(50)20(35)13-18-15-39-21-7-4-3-6-19(18)21)30(51)40-16-26(45)41-22(8-5-11-38-34(36)37)31(52)42-23(9-10-27(46)47)32(53)44-25(33(54)55)14-28(48)49/h3-4,6-7,15,17,20,22-25,39H,5,8-14,16,35H2,1-2H3,(H,40,51)(H,41,45)(H,42,52)(H,43,50)(H,44,53)(H,46,47)(H,48,49)(H,54,55)(H4,36,37,38)/t20-,22+,23+,24+,25+/m1/s1. The largest absolute Gasteiger partial charge is 0.481 e. The van der Waals surface area contributed by atoms with E-state index in [0.29, 0.717) is 0 Å². The number of guanidine groups is 1. The van der Waals surface area contributed by atoms with Gasteiger partial charge in [0.2, 0.25) is 29.5 Å². The molecule has 2 aromatic rings. The maximum atomic E-state index is 13.4. The topological polar surface area (TPSA) is 364 Å². The van der Waals surface area contributed by atoms with Gasteiger partial charge in [-0.3, -0.25) is 38.6 Å². The molecule has 1 aromatic carbocycles. The Morgan fingerprint density at radius 2 is 1.40 bits per heavy atom. The Morgan fingerprint density at radius 3 is 2.00 bits per heavy atom. The number of hydrogen-bond donors (Lipinski definition) is 12. The van der Waals surface area contributed by atoms with E-state index < -0.39 is 103 Å². The number of carbonyl (C=O) groups excluding carboxylic acids is 5. The van der Waals surface area contributed by atoms with E-state index in [1.54, 1.807) is 6.20 Å². The van der Waals surface area contributed by atoms with Crippen LogP contribution in [0.1, 0.15) is 57.9 Å². The lowest BCUT2D eigenvalue weighted by molar-refractivity contribution is -0.147. The summed E-state index contributed by atoms with van der Waals surface area (Å²) in [5.74, 6) is -9.21. The summed E-state index contributed by atoms with van der Waals surface area (Å²) >= 11 is 0. The van der Waals surface area contributed by atoms with Crippen molar-refractivity contribution in [3.8, 4) is 0 Å². The highest BCUT2D eigenvalue weighted by Gasteiger charge is 2.31. The van der Waals surface area contributed by atoms with Crippen LogP contribution in [-0.4, -0.2) is 117 Å². The zero-order valence-electron chi connectivity index (χ0n) is 30.5. The molecule has 5 amide bonds. The summed E-state index contributed by atoms with van der Waals surface area (Å²) < 4.78 is 0. The van der Waals surface area contributed by atoms with Crippen molar-refractivity contribution >= 4 is 64.3 Å². The van der Waals surface area contributed by atoms with Crippen molar-refractivity contribution in [2.24, 2.45) is 28.1 Å². The average molecular weight is 775 g/mol. The maximum Gasteiger partial charge on any atom is 0.326 e. The smallest absolute Gasteiger partial charge is 0.326 e. The van der Waals surface area contributed by atoms with E-state index in [4.69, 9.17) is 27.4 Å². The number of fused-ring (bicyclic) bond motifs is 1. The molecule has 0 saturated carbocycles. The van der Waals surface area contributed by atoms with Crippen molar-refractivity contribution in [3.63, 3.8) is 0 Å². The molecule has 0 unspecified atom stereocenters. The van der Waals surface area contributed by atoms with Gasteiger partial charge in [0.15, 0.2) is 5.96 Å². The molecule has 1 heterocycles. The van der Waals surface area contributed by atoms with E-state index >= 15 is 0 Å². The van der Waals surface area contributed by atoms with Crippen LogP contribution in [0.15, 0.2) is 35.5 Å². The number of amides is 5. The highest BCUT2D eigenvalue weighted by atomic mass is 16.4. The fourth-order valence-corrected chi connectivity index (χ4v) is 5.38. The third-order valence-corrected chi connectivity index (χ3v) is 8.08. The molecule has 5 atom stereocenters. The lowest BCUT2D eigenvalue weighted by Gasteiger charge is -2.24. The van der Waals surface area contributed by atoms with Crippen LogP contribution in [0, 0.1) is 5.92 Å². The summed E-state index contributed by atoms with van der Waals surface area (Å²) in [6.07, 6.45) is -0.0366. The summed E-state index contributed by atoms with van der Waals surface area (Å²) in [6, 6.07) is 0.467. The Balaban J connectivity index is 2.14. The van der Waals surface area contributed by atoms with Gasteiger partial charge in [-0.25, -0.2) is 4.79 Å². The first-order valence-electron chi connectivity index (χ1n) is 17.4. The first kappa shape index (κ1) is 44.9. The van der Waals surface area contributed by atoms with E-state index in [-0.39, 0.29) is 44.1 Å². The van der Waals surface area contributed by atoms with E-state index in [1.807, 2.05) is 43.4 Å². The summed E-state index contributed by atoms with van der Waals surface area (Å²) in [5.41, 5.74) is 18.6. The summed E-state index contributed by atoms with van der Waals surface area (Å²) in [5, 5.41) is 40.2. The number of aromatic nitrogens is 1. The third kappa shape index (κ3) is 16.1. The summed E-state index contributed by atoms with van der Waals surface area (Å²) in [4.78, 5) is 107. The van der Waals surface area contributed by atoms with Crippen molar-refractivity contribution in [2.75, 3.05) is 13.1 Å². The Kier molecular flexibility index (Phi) is 18.0. The van der Waals surface area contributed by atoms with Gasteiger partial charge in [-0.05, 0) is 49.7 Å². The zero-order valence-corrected chi connectivity index (χ0v) is 30.5. The molecular weight excluding hydrogens is 724 g/mol. The van der Waals surface area contributed by atoms with Crippen molar-refractivity contribution < 1.29 is 53.7 Å². The normalized spacial score (nSPS) is 13.7. The number of para-hydroxylation sites is 1. The van der Waals surface area contributed by atoms with E-state index in [1.165, 1.54) is 0 Å². The minimum Gasteiger partial charge on any atom is -0.481 e. The Labute approximate surface area is 315 Å². The molecule has 1 aromatic heterocycles. The molecule has 302 valence electrons. The minimum absolute atomic E-state index is 0.0240. The van der Waals surface area contributed by atoms with Gasteiger partial charge in [0.25, 0.3) is 0 Å². The van der Waals surface area contributed by atoms with Gasteiger partial charge in [0.1, 0.15) is 24.2 Å². The number of carbonyl (C=O) groups is 8. The Bertz CT molecular complexity index is 1720. The molecule has 15 N–H and O–H groups in total. The number of hydrogen-bond acceptors (Lipinski definition) is 10. The van der Waals surface area contributed by atoms with Gasteiger partial charge in [-0.1, -0.05) is 32.0 Å². The van der Waals surface area contributed by atoms with Crippen molar-refractivity contribution in [2.45, 2.75) is 89.0 Å². The molecule has 0 radical (unpaired) electrons. The maximum absolute atomic E-state index is 13.4. The molecule has 0 aliphatic carbocycles. The molecule has 0 fully saturated rings. The zero-order chi connectivity index (χ0) is 41.2. The fraction of sp³-hybridized carbons (Fsp3) is 0.500. The minimum atomic E-state index is -1.90. The van der Waals surface area contributed by atoms with Crippen LogP contribution in [0.5, 0.6) is 0 Å². The fourth-order valence-electron chi connectivity index (χ4n) is 5.38. The van der Waals surface area contributed by atoms with Gasteiger partial charge in [0, 0.05) is 30.1 Å². The molecule has 2 rings (SSSR count). The molecule has 21 nitrogen and oxygen atoms in total. The van der Waals surface area contributed by atoms with E-state index in [2.05, 4.69) is 31.2 Å². The summed E-state index contributed by atoms with van der Waals surface area (Å²) in [6.45, 7) is 3.03. The number of carboxylic acid groups (broad SMARTS) is 3. The number of nitrogens with zero attached hydrogens (tertiary/aromatic N) is 1. The Morgan fingerprint density at radius 1 is 0.782 bits per heavy atom. The van der Waals surface area contributed by atoms with Crippen LogP contribution in [0.25, 0.3) is 10.9 Å². The number of aromatic amines is 1. The van der Waals surface area contributed by atoms with Gasteiger partial charge in [-0.15, -0.1) is 0 Å². The quantitative estimate of drug-likeness (QED) is 0.0301. The predicted octanol–water partition coefficient (Wildman–Crippen LogP) is -2.38. The van der Waals surface area contributed by atoms with Crippen LogP contribution in [0.4, 0.5) is 0 Å². The number of nitrogens with two attached hydrogens (primary N) is 3. The molecule has 55 heavy (non-hydrogen) atoms. The molecule has 0 saturated heterocycles. The van der Waals surface area contributed by atoms with Gasteiger partial charge in [0.05, 0.1) is 19.0 Å². The number of aliphatic imine (C=N–C) groups is 1. The highest BCUT2D eigenvalue weighted by molar-refractivity contribution is 5.96. The van der Waals surface area contributed by atoms with Crippen LogP contribution in [-0.2, 0) is 44.8 Å². The highest BCUT2D eigenvalue weighted by Crippen LogP contribution is 2.19. The number of aliphatic carboxylic acids is 3. The van der Waals surface area contributed by atoms with Crippen molar-refractivity contribution in [1.29, 1.82) is 0 Å². The average Bonchev–Trinajstić information content (AvgIpc) is 3.51. The molecule has 21 heteroatoms. The molecule has 0 spiro atoms.